The molecule has 2 rings (SSSR count). The normalized spacial score (nSPS) is 10.1. The van der Waals surface area contributed by atoms with Crippen LogP contribution in [0.2, 0.25) is 0 Å². The molecule has 0 saturated carbocycles. The van der Waals surface area contributed by atoms with Crippen molar-refractivity contribution in [3.8, 4) is 0 Å². The lowest BCUT2D eigenvalue weighted by Crippen LogP contribution is -2.15. The molecule has 0 atom stereocenters. The third kappa shape index (κ3) is 5.00. The van der Waals surface area contributed by atoms with Gasteiger partial charge in [0.05, 0.1) is 17.0 Å². The third-order valence-corrected chi connectivity index (χ3v) is 3.82. The fourth-order valence-corrected chi connectivity index (χ4v) is 2.53. The number of esters is 1. The van der Waals surface area contributed by atoms with Crippen molar-refractivity contribution >= 4 is 34.8 Å². The van der Waals surface area contributed by atoms with Gasteiger partial charge in [0.2, 0.25) is 5.91 Å². The van der Waals surface area contributed by atoms with E-state index in [4.69, 9.17) is 4.74 Å². The lowest BCUT2D eigenvalue weighted by molar-refractivity contribution is -0.116. The number of carbonyl (C=O) groups excluding carboxylic acids is 3. The summed E-state index contributed by atoms with van der Waals surface area (Å²) >= 11 is 1.35. The predicted molar refractivity (Wildman–Crippen MR) is 86.7 cm³/mol. The number of aromatic nitrogens is 1. The zero-order valence-electron chi connectivity index (χ0n) is 12.6. The van der Waals surface area contributed by atoms with Crippen LogP contribution < -0.4 is 5.32 Å². The van der Waals surface area contributed by atoms with E-state index in [9.17, 15) is 14.4 Å². The number of ether oxygens (including phenoxy) is 1. The van der Waals surface area contributed by atoms with Crippen molar-refractivity contribution in [3.05, 3.63) is 46.3 Å². The molecule has 1 N–H and O–H groups in total. The summed E-state index contributed by atoms with van der Waals surface area (Å²) in [4.78, 5) is 39.9. The summed E-state index contributed by atoms with van der Waals surface area (Å²) in [5.74, 6) is -0.616. The van der Waals surface area contributed by atoms with Crippen LogP contribution in [0, 0.1) is 0 Å². The summed E-state index contributed by atoms with van der Waals surface area (Å²) in [6, 6.07) is 6.48. The first-order valence-corrected chi connectivity index (χ1v) is 7.98. The first kappa shape index (κ1) is 16.8. The Morgan fingerprint density at radius 2 is 2.09 bits per heavy atom. The number of thiophene rings is 1. The maximum Gasteiger partial charge on any atom is 0.338 e. The molecular weight excluding hydrogens is 316 g/mol. The highest BCUT2D eigenvalue weighted by molar-refractivity contribution is 7.12. The first-order valence-electron chi connectivity index (χ1n) is 7.10. The monoisotopic (exact) mass is 332 g/mol. The van der Waals surface area contributed by atoms with E-state index in [2.05, 4.69) is 10.3 Å². The van der Waals surface area contributed by atoms with E-state index < -0.39 is 5.97 Å². The van der Waals surface area contributed by atoms with Crippen LogP contribution in [-0.4, -0.2) is 29.3 Å². The van der Waals surface area contributed by atoms with E-state index in [0.717, 1.165) is 0 Å². The van der Waals surface area contributed by atoms with Gasteiger partial charge in [-0.2, -0.15) is 0 Å². The molecule has 0 aliphatic carbocycles. The van der Waals surface area contributed by atoms with Crippen molar-refractivity contribution in [3.63, 3.8) is 0 Å². The number of carbonyl (C=O) groups is 3. The van der Waals surface area contributed by atoms with E-state index in [-0.39, 0.29) is 37.0 Å². The molecule has 0 aliphatic heterocycles. The van der Waals surface area contributed by atoms with E-state index in [0.29, 0.717) is 10.4 Å². The van der Waals surface area contributed by atoms with Gasteiger partial charge in [0, 0.05) is 19.0 Å². The average Bonchev–Trinajstić information content (AvgIpc) is 3.07. The molecule has 120 valence electrons. The molecule has 1 amide bonds. The van der Waals surface area contributed by atoms with Crippen molar-refractivity contribution < 1.29 is 19.1 Å². The number of nitrogens with zero attached hydrogens (tertiary/aromatic N) is 1. The molecule has 2 aromatic heterocycles. The summed E-state index contributed by atoms with van der Waals surface area (Å²) in [5, 5.41) is 4.39. The molecule has 0 bridgehead atoms. The number of amides is 1. The lowest BCUT2D eigenvalue weighted by Gasteiger charge is -2.06. The first-order chi connectivity index (χ1) is 11.1. The second-order valence-corrected chi connectivity index (χ2v) is 5.55. The molecule has 23 heavy (non-hydrogen) atoms. The van der Waals surface area contributed by atoms with Gasteiger partial charge in [0.15, 0.2) is 5.78 Å². The summed E-state index contributed by atoms with van der Waals surface area (Å²) in [6.45, 7) is 1.99. The minimum atomic E-state index is -0.474. The van der Waals surface area contributed by atoms with Crippen LogP contribution in [-0.2, 0) is 9.53 Å². The Bertz CT molecular complexity index is 698. The minimum absolute atomic E-state index is 0.0576. The number of hydrogen-bond donors (Lipinski definition) is 1. The van der Waals surface area contributed by atoms with Crippen LogP contribution >= 0.6 is 11.3 Å². The quantitative estimate of drug-likeness (QED) is 0.622. The molecule has 0 radical (unpaired) electrons. The Kier molecular flexibility index (Phi) is 5.99. The van der Waals surface area contributed by atoms with E-state index in [1.807, 2.05) is 5.38 Å². The number of rotatable bonds is 7. The molecule has 0 spiro atoms. The van der Waals surface area contributed by atoms with Gasteiger partial charge in [-0.25, -0.2) is 9.78 Å². The Hall–Kier alpha value is -2.54. The Morgan fingerprint density at radius 3 is 2.78 bits per heavy atom. The third-order valence-electron chi connectivity index (χ3n) is 2.91. The smallest absolute Gasteiger partial charge is 0.338 e. The second-order valence-electron chi connectivity index (χ2n) is 4.60. The highest BCUT2D eigenvalue weighted by Gasteiger charge is 2.12. The number of hydrogen-bond acceptors (Lipinski definition) is 6. The van der Waals surface area contributed by atoms with Crippen molar-refractivity contribution in [1.29, 1.82) is 0 Å². The van der Waals surface area contributed by atoms with Crippen LogP contribution in [0.5, 0.6) is 0 Å². The highest BCUT2D eigenvalue weighted by Crippen LogP contribution is 2.13. The molecule has 0 fully saturated rings. The second kappa shape index (κ2) is 8.19. The zero-order chi connectivity index (χ0) is 16.7. The molecule has 6 nitrogen and oxygen atoms in total. The molecule has 0 aliphatic rings. The average molecular weight is 332 g/mol. The van der Waals surface area contributed by atoms with Gasteiger partial charge >= 0.3 is 5.97 Å². The molecule has 0 unspecified atom stereocenters. The van der Waals surface area contributed by atoms with Gasteiger partial charge in [-0.05, 0) is 30.5 Å². The van der Waals surface area contributed by atoms with Crippen molar-refractivity contribution in [1.82, 2.24) is 4.98 Å². The van der Waals surface area contributed by atoms with Crippen LogP contribution in [0.1, 0.15) is 39.8 Å². The Labute approximate surface area is 137 Å². The summed E-state index contributed by atoms with van der Waals surface area (Å²) in [5.41, 5.74) is 0.312. The molecule has 0 aromatic carbocycles. The number of pyridine rings is 1. The van der Waals surface area contributed by atoms with Gasteiger partial charge in [0.1, 0.15) is 5.82 Å². The Morgan fingerprint density at radius 1 is 1.26 bits per heavy atom. The molecule has 2 aromatic rings. The molecule has 7 heteroatoms. The van der Waals surface area contributed by atoms with Crippen molar-refractivity contribution in [2.24, 2.45) is 0 Å². The standard InChI is InChI=1S/C16H16N2O4S/c1-2-22-16(21)11-7-8-17-14(10-11)18-15(20)6-5-12(19)13-4-3-9-23-13/h3-4,7-10H,2,5-6H2,1H3,(H,17,18,20). The maximum atomic E-state index is 11.9. The van der Waals surface area contributed by atoms with Crippen LogP contribution in [0.25, 0.3) is 0 Å². The van der Waals surface area contributed by atoms with E-state index in [1.165, 1.54) is 29.7 Å². The largest absolute Gasteiger partial charge is 0.462 e. The van der Waals surface area contributed by atoms with Crippen LogP contribution in [0.4, 0.5) is 5.82 Å². The predicted octanol–water partition coefficient (Wildman–Crippen LogP) is 2.92. The zero-order valence-corrected chi connectivity index (χ0v) is 13.4. The lowest BCUT2D eigenvalue weighted by atomic mass is 10.2. The van der Waals surface area contributed by atoms with Gasteiger partial charge in [-0.1, -0.05) is 6.07 Å². The van der Waals surface area contributed by atoms with Crippen LogP contribution in [0.15, 0.2) is 35.8 Å². The SMILES string of the molecule is CCOC(=O)c1ccnc(NC(=O)CCC(=O)c2cccs2)c1. The summed E-state index contributed by atoms with van der Waals surface area (Å²) in [7, 11) is 0. The molecule has 0 saturated heterocycles. The van der Waals surface area contributed by atoms with Gasteiger partial charge in [-0.15, -0.1) is 11.3 Å². The van der Waals surface area contributed by atoms with Crippen molar-refractivity contribution in [2.75, 3.05) is 11.9 Å². The fourth-order valence-electron chi connectivity index (χ4n) is 1.83. The number of ketones is 1. The number of nitrogens with one attached hydrogen (secondary N) is 1. The molecular formula is C16H16N2O4S. The van der Waals surface area contributed by atoms with Crippen molar-refractivity contribution in [2.45, 2.75) is 19.8 Å². The minimum Gasteiger partial charge on any atom is -0.462 e. The number of Topliss-reactive ketones (excluding diaryl/α,β-unsaturated/α-hetero) is 1. The van der Waals surface area contributed by atoms with Gasteiger partial charge in [-0.3, -0.25) is 9.59 Å². The number of anilines is 1. The van der Waals surface area contributed by atoms with E-state index in [1.54, 1.807) is 19.1 Å². The molecule has 2 heterocycles. The van der Waals surface area contributed by atoms with Crippen LogP contribution in [0.3, 0.4) is 0 Å². The summed E-state index contributed by atoms with van der Waals surface area (Å²) in [6.07, 6.45) is 1.60. The topological polar surface area (TPSA) is 85.4 Å². The Balaban J connectivity index is 1.89. The van der Waals surface area contributed by atoms with Gasteiger partial charge < -0.3 is 10.1 Å². The highest BCUT2D eigenvalue weighted by atomic mass is 32.1. The summed E-state index contributed by atoms with van der Waals surface area (Å²) < 4.78 is 4.89. The fraction of sp³-hybridized carbons (Fsp3) is 0.250. The van der Waals surface area contributed by atoms with Gasteiger partial charge in [0.25, 0.3) is 0 Å². The van der Waals surface area contributed by atoms with E-state index >= 15 is 0 Å². The maximum absolute atomic E-state index is 11.9.